The molecular formula is C15H23N3O4. The minimum absolute atomic E-state index is 0.153. The highest BCUT2D eigenvalue weighted by molar-refractivity contribution is 6.00. The Morgan fingerprint density at radius 3 is 2.27 bits per heavy atom. The maximum absolute atomic E-state index is 12.1. The Hall–Kier alpha value is -2.31. The zero-order chi connectivity index (χ0) is 16.9. The van der Waals surface area contributed by atoms with Gasteiger partial charge in [-0.2, -0.15) is 0 Å². The van der Waals surface area contributed by atoms with E-state index in [1.165, 1.54) is 6.92 Å². The van der Waals surface area contributed by atoms with Crippen LogP contribution in [0.1, 0.15) is 52.9 Å². The lowest BCUT2D eigenvalue weighted by Crippen LogP contribution is -2.34. The molecule has 1 heterocycles. The Kier molecular flexibility index (Phi) is 6.15. The number of ether oxygens (including phenoxy) is 1. The van der Waals surface area contributed by atoms with Gasteiger partial charge in [0.25, 0.3) is 5.91 Å². The van der Waals surface area contributed by atoms with Gasteiger partial charge in [0, 0.05) is 25.7 Å². The third kappa shape index (κ3) is 4.61. The fraction of sp³-hybridized carbons (Fsp3) is 0.533. The van der Waals surface area contributed by atoms with Crippen molar-refractivity contribution in [1.82, 2.24) is 15.6 Å². The van der Waals surface area contributed by atoms with Gasteiger partial charge in [-0.25, -0.2) is 4.79 Å². The molecule has 22 heavy (non-hydrogen) atoms. The first-order valence-corrected chi connectivity index (χ1v) is 7.16. The van der Waals surface area contributed by atoms with Gasteiger partial charge in [-0.05, 0) is 33.3 Å². The van der Waals surface area contributed by atoms with Crippen molar-refractivity contribution in [2.45, 2.75) is 40.7 Å². The SMILES string of the molecule is CC(=O)NCCNC(=O)c1[nH]c(C)c(C(=O)OC(C)C)c1C. The van der Waals surface area contributed by atoms with Crippen molar-refractivity contribution in [3.05, 3.63) is 22.5 Å². The first-order valence-electron chi connectivity index (χ1n) is 7.16. The summed E-state index contributed by atoms with van der Waals surface area (Å²) in [4.78, 5) is 37.8. The number of hydrogen-bond acceptors (Lipinski definition) is 4. The molecule has 0 aliphatic carbocycles. The summed E-state index contributed by atoms with van der Waals surface area (Å²) in [5.74, 6) is -0.923. The molecule has 1 aromatic heterocycles. The van der Waals surface area contributed by atoms with E-state index in [1.54, 1.807) is 27.7 Å². The van der Waals surface area contributed by atoms with Gasteiger partial charge in [-0.15, -0.1) is 0 Å². The number of carbonyl (C=O) groups excluding carboxylic acids is 3. The van der Waals surface area contributed by atoms with E-state index in [2.05, 4.69) is 15.6 Å². The molecule has 0 unspecified atom stereocenters. The molecule has 0 radical (unpaired) electrons. The average molecular weight is 309 g/mol. The summed E-state index contributed by atoms with van der Waals surface area (Å²) in [6.07, 6.45) is -0.226. The van der Waals surface area contributed by atoms with Crippen molar-refractivity contribution < 1.29 is 19.1 Å². The second kappa shape index (κ2) is 7.63. The number of aromatic nitrogens is 1. The van der Waals surface area contributed by atoms with Crippen LogP contribution in [0.2, 0.25) is 0 Å². The fourth-order valence-electron chi connectivity index (χ4n) is 2.06. The van der Waals surface area contributed by atoms with E-state index in [4.69, 9.17) is 4.74 Å². The first kappa shape index (κ1) is 17.7. The van der Waals surface area contributed by atoms with Crippen LogP contribution in [0.3, 0.4) is 0 Å². The number of aromatic amines is 1. The number of esters is 1. The molecule has 0 aliphatic heterocycles. The van der Waals surface area contributed by atoms with Crippen LogP contribution in [0, 0.1) is 13.8 Å². The number of aryl methyl sites for hydroxylation is 1. The van der Waals surface area contributed by atoms with Crippen molar-refractivity contribution in [1.29, 1.82) is 0 Å². The van der Waals surface area contributed by atoms with E-state index in [-0.39, 0.29) is 17.9 Å². The third-order valence-corrected chi connectivity index (χ3v) is 3.00. The molecule has 0 bridgehead atoms. The van der Waals surface area contributed by atoms with E-state index in [0.717, 1.165) is 0 Å². The van der Waals surface area contributed by atoms with Crippen LogP contribution in [0.5, 0.6) is 0 Å². The Balaban J connectivity index is 2.78. The van der Waals surface area contributed by atoms with E-state index in [0.29, 0.717) is 35.6 Å². The van der Waals surface area contributed by atoms with Crippen molar-refractivity contribution >= 4 is 17.8 Å². The predicted molar refractivity (Wildman–Crippen MR) is 81.8 cm³/mol. The second-order valence-corrected chi connectivity index (χ2v) is 5.32. The van der Waals surface area contributed by atoms with Crippen LogP contribution in [0.15, 0.2) is 0 Å². The molecule has 0 saturated carbocycles. The Bertz CT molecular complexity index is 576. The smallest absolute Gasteiger partial charge is 0.340 e. The molecule has 3 N–H and O–H groups in total. The number of carbonyl (C=O) groups is 3. The normalized spacial score (nSPS) is 10.5. The van der Waals surface area contributed by atoms with Crippen LogP contribution >= 0.6 is 0 Å². The van der Waals surface area contributed by atoms with Gasteiger partial charge in [-0.3, -0.25) is 9.59 Å². The molecule has 0 atom stereocenters. The molecule has 1 rings (SSSR count). The Labute approximate surface area is 129 Å². The minimum Gasteiger partial charge on any atom is -0.459 e. The molecule has 0 aliphatic rings. The lowest BCUT2D eigenvalue weighted by Gasteiger charge is -2.08. The van der Waals surface area contributed by atoms with Crippen molar-refractivity contribution in [2.75, 3.05) is 13.1 Å². The minimum atomic E-state index is -0.446. The fourth-order valence-corrected chi connectivity index (χ4v) is 2.06. The molecular weight excluding hydrogens is 286 g/mol. The van der Waals surface area contributed by atoms with Crippen molar-refractivity contribution in [2.24, 2.45) is 0 Å². The van der Waals surface area contributed by atoms with Gasteiger partial charge in [0.05, 0.1) is 11.7 Å². The highest BCUT2D eigenvalue weighted by atomic mass is 16.5. The van der Waals surface area contributed by atoms with Crippen LogP contribution in [-0.2, 0) is 9.53 Å². The lowest BCUT2D eigenvalue weighted by atomic mass is 10.1. The van der Waals surface area contributed by atoms with Gasteiger partial charge >= 0.3 is 5.97 Å². The predicted octanol–water partition coefficient (Wildman–Crippen LogP) is 1.06. The number of nitrogens with one attached hydrogen (secondary N) is 3. The van der Waals surface area contributed by atoms with Gasteiger partial charge in [0.15, 0.2) is 0 Å². The first-order chi connectivity index (χ1) is 10.2. The molecule has 2 amide bonds. The van der Waals surface area contributed by atoms with Crippen molar-refractivity contribution in [3.8, 4) is 0 Å². The van der Waals surface area contributed by atoms with E-state index in [9.17, 15) is 14.4 Å². The average Bonchev–Trinajstić information content (AvgIpc) is 2.68. The van der Waals surface area contributed by atoms with Crippen LogP contribution in [-0.4, -0.2) is 42.0 Å². The monoisotopic (exact) mass is 309 g/mol. The number of amides is 2. The summed E-state index contributed by atoms with van der Waals surface area (Å²) in [6, 6.07) is 0. The van der Waals surface area contributed by atoms with E-state index >= 15 is 0 Å². The van der Waals surface area contributed by atoms with Gasteiger partial charge in [0.1, 0.15) is 5.69 Å². The van der Waals surface area contributed by atoms with E-state index < -0.39 is 5.97 Å². The van der Waals surface area contributed by atoms with Crippen LogP contribution in [0.25, 0.3) is 0 Å². The van der Waals surface area contributed by atoms with Crippen LogP contribution < -0.4 is 10.6 Å². The maximum atomic E-state index is 12.1. The summed E-state index contributed by atoms with van der Waals surface area (Å²) in [6.45, 7) is 9.02. The van der Waals surface area contributed by atoms with Gasteiger partial charge in [0.2, 0.25) is 5.91 Å². The summed E-state index contributed by atoms with van der Waals surface area (Å²) in [5, 5.41) is 5.26. The van der Waals surface area contributed by atoms with Gasteiger partial charge in [-0.1, -0.05) is 0 Å². The van der Waals surface area contributed by atoms with Crippen LogP contribution in [0.4, 0.5) is 0 Å². The molecule has 0 aromatic carbocycles. The maximum Gasteiger partial charge on any atom is 0.340 e. The molecule has 7 heteroatoms. The van der Waals surface area contributed by atoms with Crippen molar-refractivity contribution in [3.63, 3.8) is 0 Å². The highest BCUT2D eigenvalue weighted by Gasteiger charge is 2.23. The van der Waals surface area contributed by atoms with Gasteiger partial charge < -0.3 is 20.4 Å². The number of hydrogen-bond donors (Lipinski definition) is 3. The lowest BCUT2D eigenvalue weighted by molar-refractivity contribution is -0.118. The standard InChI is InChI=1S/C15H23N3O4/c1-8(2)22-15(21)12-9(3)13(18-10(12)4)14(20)17-7-6-16-11(5)19/h8,18H,6-7H2,1-5H3,(H,16,19)(H,17,20). The Morgan fingerprint density at radius 1 is 1.14 bits per heavy atom. The summed E-state index contributed by atoms with van der Waals surface area (Å²) in [7, 11) is 0. The topological polar surface area (TPSA) is 100 Å². The molecule has 1 aromatic rings. The van der Waals surface area contributed by atoms with E-state index in [1.807, 2.05) is 0 Å². The second-order valence-electron chi connectivity index (χ2n) is 5.32. The number of rotatable bonds is 6. The largest absolute Gasteiger partial charge is 0.459 e. The molecule has 0 saturated heterocycles. The zero-order valence-corrected chi connectivity index (χ0v) is 13.6. The molecule has 7 nitrogen and oxygen atoms in total. The summed E-state index contributed by atoms with van der Waals surface area (Å²) >= 11 is 0. The summed E-state index contributed by atoms with van der Waals surface area (Å²) in [5.41, 5.74) is 1.87. The molecule has 0 fully saturated rings. The summed E-state index contributed by atoms with van der Waals surface area (Å²) < 4.78 is 5.18. The highest BCUT2D eigenvalue weighted by Crippen LogP contribution is 2.19. The Morgan fingerprint density at radius 2 is 1.73 bits per heavy atom. The molecule has 122 valence electrons. The number of H-pyrrole nitrogens is 1. The quantitative estimate of drug-likeness (QED) is 0.540. The third-order valence-electron chi connectivity index (χ3n) is 3.00. The zero-order valence-electron chi connectivity index (χ0n) is 13.6. The molecule has 0 spiro atoms.